The summed E-state index contributed by atoms with van der Waals surface area (Å²) < 4.78 is 26.6. The fourth-order valence-corrected chi connectivity index (χ4v) is 7.12. The van der Waals surface area contributed by atoms with Crippen LogP contribution >= 0.6 is 0 Å². The molecule has 1 amide bonds. The van der Waals surface area contributed by atoms with Gasteiger partial charge >= 0.3 is 0 Å². The minimum absolute atomic E-state index is 0.0174. The second kappa shape index (κ2) is 7.11. The summed E-state index contributed by atoms with van der Waals surface area (Å²) >= 11 is 0. The number of fused-ring (bicyclic) bond motifs is 5. The molecule has 31 heavy (non-hydrogen) atoms. The Kier molecular flexibility index (Phi) is 4.72. The lowest BCUT2D eigenvalue weighted by Crippen LogP contribution is -2.48. The molecule has 0 saturated heterocycles. The predicted octanol–water partition coefficient (Wildman–Crippen LogP) is 5.87. The number of nitrogens with one attached hydrogen (secondary N) is 1. The van der Waals surface area contributed by atoms with Crippen LogP contribution in [-0.2, 0) is 4.79 Å². The summed E-state index contributed by atoms with van der Waals surface area (Å²) in [5.74, 6) is 1.34. The van der Waals surface area contributed by atoms with E-state index in [-0.39, 0.29) is 22.3 Å². The van der Waals surface area contributed by atoms with Gasteiger partial charge in [0.25, 0.3) is 6.43 Å². The minimum Gasteiger partial charge on any atom is -0.353 e. The number of hydrogen-bond acceptors (Lipinski definition) is 2. The summed E-state index contributed by atoms with van der Waals surface area (Å²) in [4.78, 5) is 16.3. The number of allylic oxidation sites excluding steroid dienone is 5. The molecule has 5 atom stereocenters. The number of halogens is 2. The van der Waals surface area contributed by atoms with Crippen molar-refractivity contribution in [2.24, 2.45) is 28.6 Å². The van der Waals surface area contributed by atoms with Crippen molar-refractivity contribution in [3.8, 4) is 0 Å². The van der Waals surface area contributed by atoms with Crippen LogP contribution in [0.2, 0.25) is 0 Å². The second-order valence-electron chi connectivity index (χ2n) is 10.3. The summed E-state index contributed by atoms with van der Waals surface area (Å²) in [5.41, 5.74) is 4.54. The Hall–Kier alpha value is -2.30. The molecule has 164 valence electrons. The van der Waals surface area contributed by atoms with Gasteiger partial charge in [-0.15, -0.1) is 0 Å². The number of carbonyl (C=O) groups is 1. The lowest BCUT2D eigenvalue weighted by molar-refractivity contribution is -0.116. The van der Waals surface area contributed by atoms with Gasteiger partial charge in [-0.25, -0.2) is 8.78 Å². The Morgan fingerprint density at radius 1 is 1.16 bits per heavy atom. The second-order valence-corrected chi connectivity index (χ2v) is 10.3. The van der Waals surface area contributed by atoms with Crippen molar-refractivity contribution in [2.45, 2.75) is 52.9 Å². The summed E-state index contributed by atoms with van der Waals surface area (Å²) in [6.45, 7) is 7.61. The zero-order valence-corrected chi connectivity index (χ0v) is 18.4. The minimum atomic E-state index is -2.51. The molecule has 2 fully saturated rings. The van der Waals surface area contributed by atoms with E-state index in [1.165, 1.54) is 17.3 Å². The third-order valence-electron chi connectivity index (χ3n) is 8.67. The molecule has 5 heteroatoms. The lowest BCUT2D eigenvalue weighted by atomic mass is 9.47. The van der Waals surface area contributed by atoms with Crippen molar-refractivity contribution < 1.29 is 13.6 Å². The van der Waals surface area contributed by atoms with Crippen LogP contribution in [0.1, 0.15) is 64.0 Å². The van der Waals surface area contributed by atoms with E-state index < -0.39 is 6.43 Å². The van der Waals surface area contributed by atoms with Crippen LogP contribution in [0.5, 0.6) is 0 Å². The zero-order chi connectivity index (χ0) is 22.0. The van der Waals surface area contributed by atoms with Crippen molar-refractivity contribution in [2.75, 3.05) is 6.54 Å². The van der Waals surface area contributed by atoms with Crippen molar-refractivity contribution in [3.63, 3.8) is 0 Å². The van der Waals surface area contributed by atoms with Gasteiger partial charge in [-0.1, -0.05) is 44.1 Å². The van der Waals surface area contributed by atoms with Gasteiger partial charge in [-0.3, -0.25) is 9.78 Å². The van der Waals surface area contributed by atoms with Gasteiger partial charge in [0.15, 0.2) is 0 Å². The average Bonchev–Trinajstić information content (AvgIpc) is 3.00. The highest BCUT2D eigenvalue weighted by molar-refractivity contribution is 5.89. The van der Waals surface area contributed by atoms with E-state index in [1.807, 2.05) is 6.08 Å². The van der Waals surface area contributed by atoms with E-state index in [4.69, 9.17) is 0 Å². The summed E-state index contributed by atoms with van der Waals surface area (Å²) in [6.07, 6.45) is 10.8. The van der Waals surface area contributed by atoms with Crippen LogP contribution in [-0.4, -0.2) is 17.4 Å². The molecule has 2 saturated carbocycles. The molecule has 1 aliphatic heterocycles. The number of nitrogens with zero attached hydrogens (tertiary/aromatic N) is 1. The first-order chi connectivity index (χ1) is 14.7. The predicted molar refractivity (Wildman–Crippen MR) is 117 cm³/mol. The standard InChI is InChI=1S/C26H30F2N2O/c1-15-10-18-20-5-4-19(16-11-17(24(27)28)14-29-13-16)25(20,2)7-6-21(18)26(3)8-9-30-23(31)12-22(15)26/h4-5,11-15,18,21,24H,6-10H2,1-3H3,(H,30,31)/t15?,18?,21?,25-,26-/m1/s1. The number of carbonyl (C=O) groups excluding carboxylic acids is 1. The largest absolute Gasteiger partial charge is 0.353 e. The van der Waals surface area contributed by atoms with Crippen molar-refractivity contribution in [1.82, 2.24) is 10.3 Å². The molecular weight excluding hydrogens is 394 g/mol. The highest BCUT2D eigenvalue weighted by atomic mass is 19.3. The maximum atomic E-state index is 13.3. The number of rotatable bonds is 2. The first kappa shape index (κ1) is 20.6. The summed E-state index contributed by atoms with van der Waals surface area (Å²) in [7, 11) is 0. The van der Waals surface area contributed by atoms with Gasteiger partial charge in [0, 0.05) is 36.0 Å². The SMILES string of the molecule is CC1CC2C3=CC=C(c4cncc(C(F)F)c4)[C@@]3(C)CCC2[C@@]2(C)CCNC(=O)C=C12. The van der Waals surface area contributed by atoms with Gasteiger partial charge in [0.2, 0.25) is 5.91 Å². The van der Waals surface area contributed by atoms with E-state index in [0.717, 1.165) is 43.4 Å². The van der Waals surface area contributed by atoms with Crippen molar-refractivity contribution in [1.29, 1.82) is 0 Å². The van der Waals surface area contributed by atoms with E-state index in [1.54, 1.807) is 12.3 Å². The maximum absolute atomic E-state index is 13.3. The highest BCUT2D eigenvalue weighted by Crippen LogP contribution is 2.65. The van der Waals surface area contributed by atoms with Gasteiger partial charge in [-0.2, -0.15) is 0 Å². The molecule has 4 aliphatic rings. The van der Waals surface area contributed by atoms with E-state index in [9.17, 15) is 13.6 Å². The van der Waals surface area contributed by atoms with Crippen LogP contribution in [0.4, 0.5) is 8.78 Å². The van der Waals surface area contributed by atoms with Crippen LogP contribution in [0.3, 0.4) is 0 Å². The van der Waals surface area contributed by atoms with E-state index >= 15 is 0 Å². The fraction of sp³-hybridized carbons (Fsp3) is 0.538. The number of aromatic nitrogens is 1. The number of alkyl halides is 2. The Morgan fingerprint density at radius 2 is 1.97 bits per heavy atom. The summed E-state index contributed by atoms with van der Waals surface area (Å²) in [5, 5.41) is 3.03. The fourth-order valence-electron chi connectivity index (χ4n) is 7.12. The first-order valence-electron chi connectivity index (χ1n) is 11.4. The molecule has 1 aromatic heterocycles. The van der Waals surface area contributed by atoms with Crippen LogP contribution in [0.25, 0.3) is 5.57 Å². The molecule has 5 rings (SSSR count). The normalized spacial score (nSPS) is 37.0. The van der Waals surface area contributed by atoms with Gasteiger partial charge in [-0.05, 0) is 66.1 Å². The number of pyridine rings is 1. The van der Waals surface area contributed by atoms with Gasteiger partial charge in [0.1, 0.15) is 0 Å². The monoisotopic (exact) mass is 424 g/mol. The molecule has 2 heterocycles. The molecule has 0 aromatic carbocycles. The molecule has 3 nitrogen and oxygen atoms in total. The average molecular weight is 425 g/mol. The zero-order valence-electron chi connectivity index (χ0n) is 18.4. The third-order valence-corrected chi connectivity index (χ3v) is 8.67. The Bertz CT molecular complexity index is 1030. The van der Waals surface area contributed by atoms with Gasteiger partial charge < -0.3 is 5.32 Å². The first-order valence-corrected chi connectivity index (χ1v) is 11.4. The van der Waals surface area contributed by atoms with Gasteiger partial charge in [0.05, 0.1) is 0 Å². The number of hydrogen-bond donors (Lipinski definition) is 1. The van der Waals surface area contributed by atoms with E-state index in [0.29, 0.717) is 17.8 Å². The molecule has 1 N–H and O–H groups in total. The van der Waals surface area contributed by atoms with Crippen molar-refractivity contribution in [3.05, 3.63) is 59.0 Å². The topological polar surface area (TPSA) is 42.0 Å². The lowest BCUT2D eigenvalue weighted by Gasteiger charge is -2.56. The van der Waals surface area contributed by atoms with Crippen LogP contribution in [0, 0.1) is 28.6 Å². The summed E-state index contributed by atoms with van der Waals surface area (Å²) in [6, 6.07) is 1.60. The van der Waals surface area contributed by atoms with Crippen LogP contribution < -0.4 is 5.32 Å². The molecule has 0 radical (unpaired) electrons. The molecule has 0 spiro atoms. The highest BCUT2D eigenvalue weighted by Gasteiger charge is 2.55. The molecule has 1 aromatic rings. The van der Waals surface area contributed by atoms with E-state index in [2.05, 4.69) is 43.2 Å². The molecular formula is C26H30F2N2O. The molecule has 0 bridgehead atoms. The third kappa shape index (κ3) is 3.03. The maximum Gasteiger partial charge on any atom is 0.265 e. The Balaban J connectivity index is 1.50. The number of amides is 1. The molecule has 3 unspecified atom stereocenters. The molecule has 3 aliphatic carbocycles. The Labute approximate surface area is 182 Å². The van der Waals surface area contributed by atoms with Crippen LogP contribution in [0.15, 0.2) is 47.8 Å². The van der Waals surface area contributed by atoms with Crippen molar-refractivity contribution >= 4 is 11.5 Å². The Morgan fingerprint density at radius 3 is 2.74 bits per heavy atom. The quantitative estimate of drug-likeness (QED) is 0.645. The smallest absolute Gasteiger partial charge is 0.265 e.